The number of hydrogen-bond donors (Lipinski definition) is 0. The van der Waals surface area contributed by atoms with Gasteiger partial charge in [0.15, 0.2) is 0 Å². The summed E-state index contributed by atoms with van der Waals surface area (Å²) in [7, 11) is 0. The summed E-state index contributed by atoms with van der Waals surface area (Å²) in [4.78, 5) is 0. The van der Waals surface area contributed by atoms with E-state index in [2.05, 4.69) is 77.4 Å². The molecule has 1 radical (unpaired) electrons. The molecular formula is C20H14N. The van der Waals surface area contributed by atoms with E-state index in [9.17, 15) is 0 Å². The van der Waals surface area contributed by atoms with Crippen LogP contribution in [0.3, 0.4) is 0 Å². The number of aromatic nitrogens is 1. The Morgan fingerprint density at radius 2 is 1.43 bits per heavy atom. The van der Waals surface area contributed by atoms with E-state index in [0.29, 0.717) is 0 Å². The largest absolute Gasteiger partial charge is 0.309 e. The molecule has 1 heteroatoms. The van der Waals surface area contributed by atoms with Crippen molar-refractivity contribution in [3.05, 3.63) is 91.0 Å². The Hall–Kier alpha value is -2.80. The summed E-state index contributed by atoms with van der Waals surface area (Å²) in [6.45, 7) is 0. The van der Waals surface area contributed by atoms with Crippen LogP contribution in [0.5, 0.6) is 0 Å². The maximum atomic E-state index is 3.09. The summed E-state index contributed by atoms with van der Waals surface area (Å²) in [6, 6.07) is 32.5. The van der Waals surface area contributed by atoms with Gasteiger partial charge in [-0.25, -0.2) is 0 Å². The average molecular weight is 268 g/mol. The van der Waals surface area contributed by atoms with Crippen molar-refractivity contribution in [3.63, 3.8) is 0 Å². The first-order chi connectivity index (χ1) is 10.4. The fraction of sp³-hybridized carbons (Fsp3) is 0. The maximum absolute atomic E-state index is 3.09. The number of para-hydroxylation sites is 1. The van der Waals surface area contributed by atoms with E-state index in [4.69, 9.17) is 0 Å². The quantitative estimate of drug-likeness (QED) is 0.477. The third-order valence-electron chi connectivity index (χ3n) is 3.74. The van der Waals surface area contributed by atoms with Crippen LogP contribution < -0.4 is 0 Å². The number of fused-ring (bicyclic) bond motifs is 1. The van der Waals surface area contributed by atoms with Gasteiger partial charge in [-0.05, 0) is 35.9 Å². The topological polar surface area (TPSA) is 4.93 Å². The van der Waals surface area contributed by atoms with E-state index in [1.54, 1.807) is 0 Å². The molecule has 3 aromatic carbocycles. The molecule has 0 saturated carbocycles. The summed E-state index contributed by atoms with van der Waals surface area (Å²) >= 11 is 0. The van der Waals surface area contributed by atoms with Crippen LogP contribution in [0.15, 0.2) is 84.9 Å². The third-order valence-corrected chi connectivity index (χ3v) is 3.74. The zero-order valence-corrected chi connectivity index (χ0v) is 11.5. The molecule has 1 aromatic heterocycles. The van der Waals surface area contributed by atoms with Crippen LogP contribution in [-0.4, -0.2) is 4.57 Å². The Labute approximate surface area is 124 Å². The van der Waals surface area contributed by atoms with Crippen LogP contribution in [0.1, 0.15) is 0 Å². The number of hydrogen-bond acceptors (Lipinski definition) is 0. The monoisotopic (exact) mass is 268 g/mol. The summed E-state index contributed by atoms with van der Waals surface area (Å²) in [6.07, 6.45) is 0. The lowest BCUT2D eigenvalue weighted by molar-refractivity contribution is 1.13. The molecule has 99 valence electrons. The summed E-state index contributed by atoms with van der Waals surface area (Å²) < 4.78 is 2.30. The predicted molar refractivity (Wildman–Crippen MR) is 87.5 cm³/mol. The molecule has 0 aliphatic carbocycles. The van der Waals surface area contributed by atoms with Gasteiger partial charge in [-0.15, -0.1) is 0 Å². The standard InChI is InChI=1S/C20H14N/c1-3-9-16(10-4-1)20-15-17-11-7-8-14-19(17)21(20)18-12-5-2-6-13-18/h1,3-15H. The number of rotatable bonds is 2. The van der Waals surface area contributed by atoms with E-state index in [1.165, 1.54) is 22.2 Å². The minimum absolute atomic E-state index is 1.16. The maximum Gasteiger partial charge on any atom is 0.0540 e. The number of nitrogens with zero attached hydrogens (tertiary/aromatic N) is 1. The van der Waals surface area contributed by atoms with E-state index in [0.717, 1.165) is 5.69 Å². The Morgan fingerprint density at radius 3 is 2.24 bits per heavy atom. The Morgan fingerprint density at radius 1 is 0.714 bits per heavy atom. The van der Waals surface area contributed by atoms with Crippen molar-refractivity contribution in [1.29, 1.82) is 0 Å². The molecule has 4 aromatic rings. The molecule has 0 atom stereocenters. The Kier molecular flexibility index (Phi) is 2.82. The van der Waals surface area contributed by atoms with Crippen molar-refractivity contribution in [2.45, 2.75) is 0 Å². The fourth-order valence-electron chi connectivity index (χ4n) is 2.78. The third kappa shape index (κ3) is 2.03. The van der Waals surface area contributed by atoms with Crippen molar-refractivity contribution in [1.82, 2.24) is 4.57 Å². The van der Waals surface area contributed by atoms with Crippen LogP contribution in [0, 0.1) is 6.07 Å². The van der Waals surface area contributed by atoms with Crippen LogP contribution in [0.25, 0.3) is 27.8 Å². The first-order valence-corrected chi connectivity index (χ1v) is 7.06. The lowest BCUT2D eigenvalue weighted by Crippen LogP contribution is -1.96. The van der Waals surface area contributed by atoms with Crippen LogP contribution >= 0.6 is 0 Å². The van der Waals surface area contributed by atoms with Gasteiger partial charge in [-0.2, -0.15) is 0 Å². The van der Waals surface area contributed by atoms with Crippen molar-refractivity contribution in [3.8, 4) is 16.9 Å². The molecule has 0 aliphatic heterocycles. The van der Waals surface area contributed by atoms with Gasteiger partial charge in [0.2, 0.25) is 0 Å². The molecular weight excluding hydrogens is 254 g/mol. The van der Waals surface area contributed by atoms with Gasteiger partial charge >= 0.3 is 0 Å². The molecule has 0 unspecified atom stereocenters. The average Bonchev–Trinajstić information content (AvgIpc) is 2.96. The molecule has 4 rings (SSSR count). The lowest BCUT2D eigenvalue weighted by Gasteiger charge is -2.11. The second-order valence-corrected chi connectivity index (χ2v) is 5.05. The van der Waals surface area contributed by atoms with Gasteiger partial charge in [0.25, 0.3) is 0 Å². The zero-order valence-electron chi connectivity index (χ0n) is 11.5. The SMILES string of the molecule is [c]1ccc(-n2c(-c3ccccc3)cc3ccccc32)cc1. The highest BCUT2D eigenvalue weighted by Gasteiger charge is 2.11. The smallest absolute Gasteiger partial charge is 0.0540 e. The fourth-order valence-corrected chi connectivity index (χ4v) is 2.78. The molecule has 1 heterocycles. The van der Waals surface area contributed by atoms with Crippen molar-refractivity contribution in [2.75, 3.05) is 0 Å². The Balaban J connectivity index is 2.07. The first-order valence-electron chi connectivity index (χ1n) is 7.06. The van der Waals surface area contributed by atoms with Crippen molar-refractivity contribution in [2.24, 2.45) is 0 Å². The van der Waals surface area contributed by atoms with Crippen LogP contribution in [0.4, 0.5) is 0 Å². The molecule has 0 N–H and O–H groups in total. The van der Waals surface area contributed by atoms with E-state index >= 15 is 0 Å². The minimum Gasteiger partial charge on any atom is -0.309 e. The highest BCUT2D eigenvalue weighted by Crippen LogP contribution is 2.31. The van der Waals surface area contributed by atoms with Crippen LogP contribution in [-0.2, 0) is 0 Å². The van der Waals surface area contributed by atoms with E-state index in [-0.39, 0.29) is 0 Å². The first kappa shape index (κ1) is 12.0. The highest BCUT2D eigenvalue weighted by molar-refractivity contribution is 5.89. The second kappa shape index (κ2) is 4.95. The zero-order chi connectivity index (χ0) is 14.1. The van der Waals surface area contributed by atoms with Gasteiger partial charge in [0, 0.05) is 11.1 Å². The Bertz CT molecular complexity index is 874. The van der Waals surface area contributed by atoms with Crippen molar-refractivity contribution < 1.29 is 0 Å². The van der Waals surface area contributed by atoms with Gasteiger partial charge in [0.1, 0.15) is 0 Å². The molecule has 0 saturated heterocycles. The summed E-state index contributed by atoms with van der Waals surface area (Å²) in [5.41, 5.74) is 4.82. The van der Waals surface area contributed by atoms with Gasteiger partial charge in [-0.1, -0.05) is 60.7 Å². The molecule has 0 spiro atoms. The van der Waals surface area contributed by atoms with E-state index < -0.39 is 0 Å². The number of benzene rings is 3. The molecule has 1 nitrogen and oxygen atoms in total. The molecule has 0 fully saturated rings. The van der Waals surface area contributed by atoms with Gasteiger partial charge < -0.3 is 4.57 Å². The molecule has 21 heavy (non-hydrogen) atoms. The lowest BCUT2D eigenvalue weighted by atomic mass is 10.1. The molecule has 0 amide bonds. The summed E-state index contributed by atoms with van der Waals surface area (Å²) in [5, 5.41) is 1.25. The normalized spacial score (nSPS) is 10.9. The van der Waals surface area contributed by atoms with Gasteiger partial charge in [0.05, 0.1) is 11.2 Å². The minimum atomic E-state index is 1.16. The summed E-state index contributed by atoms with van der Waals surface area (Å²) in [5.74, 6) is 0. The van der Waals surface area contributed by atoms with Crippen LogP contribution in [0.2, 0.25) is 0 Å². The van der Waals surface area contributed by atoms with Crippen molar-refractivity contribution >= 4 is 10.9 Å². The van der Waals surface area contributed by atoms with E-state index in [1.807, 2.05) is 18.2 Å². The van der Waals surface area contributed by atoms with Gasteiger partial charge in [-0.3, -0.25) is 0 Å². The molecule has 0 bridgehead atoms. The molecule has 0 aliphatic rings. The predicted octanol–water partition coefficient (Wildman–Crippen LogP) is 5.10. The second-order valence-electron chi connectivity index (χ2n) is 5.05. The highest BCUT2D eigenvalue weighted by atomic mass is 15.0.